The predicted octanol–water partition coefficient (Wildman–Crippen LogP) is 1.96. The van der Waals surface area contributed by atoms with Gasteiger partial charge in [-0.3, -0.25) is 14.5 Å². The molecule has 0 aliphatic carbocycles. The van der Waals surface area contributed by atoms with Crippen molar-refractivity contribution in [1.82, 2.24) is 9.91 Å². The molecule has 2 amide bonds. The molecule has 1 aliphatic heterocycles. The van der Waals surface area contributed by atoms with Crippen LogP contribution in [0.25, 0.3) is 0 Å². The van der Waals surface area contributed by atoms with Gasteiger partial charge in [-0.15, -0.1) is 0 Å². The maximum Gasteiger partial charge on any atom is 0.262 e. The smallest absolute Gasteiger partial charge is 0.262 e. The lowest BCUT2D eigenvalue weighted by atomic mass is 10.0. The van der Waals surface area contributed by atoms with Gasteiger partial charge >= 0.3 is 0 Å². The predicted molar refractivity (Wildman–Crippen MR) is 76.5 cm³/mol. The molecule has 0 saturated heterocycles. The first-order valence-electron chi connectivity index (χ1n) is 5.86. The highest BCUT2D eigenvalue weighted by Crippen LogP contribution is 2.28. The Hall–Kier alpha value is -1.69. The van der Waals surface area contributed by atoms with E-state index in [1.165, 1.54) is 4.90 Å². The van der Waals surface area contributed by atoms with Gasteiger partial charge in [0.05, 0.1) is 17.3 Å². The largest absolute Gasteiger partial charge is 0.303 e. The summed E-state index contributed by atoms with van der Waals surface area (Å²) in [6, 6.07) is 3.47. The van der Waals surface area contributed by atoms with E-state index in [1.807, 2.05) is 0 Å². The van der Waals surface area contributed by atoms with Gasteiger partial charge in [0.2, 0.25) is 0 Å². The Balaban J connectivity index is 2.58. The fourth-order valence-electron chi connectivity index (χ4n) is 1.97. The normalized spacial score (nSPS) is 14.4. The molecule has 100 valence electrons. The summed E-state index contributed by atoms with van der Waals surface area (Å²) < 4.78 is 0.755. The molecule has 0 bridgehead atoms. The molecule has 0 fully saturated rings. The number of carbonyl (C=O) groups is 2. The van der Waals surface area contributed by atoms with Gasteiger partial charge in [-0.2, -0.15) is 5.10 Å². The van der Waals surface area contributed by atoms with Crippen molar-refractivity contribution in [2.75, 3.05) is 20.6 Å². The first kappa shape index (κ1) is 13.7. The van der Waals surface area contributed by atoms with Crippen LogP contribution in [-0.2, 0) is 0 Å². The second kappa shape index (κ2) is 5.13. The maximum atomic E-state index is 12.2. The minimum atomic E-state index is -0.254. The monoisotopic (exact) mass is 323 g/mol. The van der Waals surface area contributed by atoms with Gasteiger partial charge in [0.25, 0.3) is 11.8 Å². The molecule has 5 nitrogen and oxygen atoms in total. The number of hydrogen-bond donors (Lipinski definition) is 0. The standard InChI is InChI=1S/C13H14BrN3O2/c1-4-17-12(18)10-6-9(14)5-8(7-15-16(2)3)11(10)13(17)19/h5-7H,4H2,1-3H3/b15-7+. The van der Waals surface area contributed by atoms with Crippen molar-refractivity contribution in [2.45, 2.75) is 6.92 Å². The van der Waals surface area contributed by atoms with Gasteiger partial charge in [0.15, 0.2) is 0 Å². The average molecular weight is 324 g/mol. The third-order valence-corrected chi connectivity index (χ3v) is 3.27. The lowest BCUT2D eigenvalue weighted by Gasteiger charge is -2.09. The zero-order valence-electron chi connectivity index (χ0n) is 11.0. The van der Waals surface area contributed by atoms with Crippen LogP contribution in [-0.4, -0.2) is 48.6 Å². The molecule has 0 atom stereocenters. The molecule has 0 spiro atoms. The van der Waals surface area contributed by atoms with Crippen LogP contribution in [0.15, 0.2) is 21.7 Å². The van der Waals surface area contributed by atoms with E-state index < -0.39 is 0 Å². The van der Waals surface area contributed by atoms with Crippen molar-refractivity contribution >= 4 is 34.0 Å². The van der Waals surface area contributed by atoms with Gasteiger partial charge in [-0.1, -0.05) is 15.9 Å². The van der Waals surface area contributed by atoms with Crippen LogP contribution in [0.5, 0.6) is 0 Å². The van der Waals surface area contributed by atoms with Gasteiger partial charge < -0.3 is 5.01 Å². The van der Waals surface area contributed by atoms with Gasteiger partial charge in [0.1, 0.15) is 0 Å². The van der Waals surface area contributed by atoms with Crippen molar-refractivity contribution in [3.63, 3.8) is 0 Å². The quantitative estimate of drug-likeness (QED) is 0.485. The highest BCUT2D eigenvalue weighted by molar-refractivity contribution is 9.10. The summed E-state index contributed by atoms with van der Waals surface area (Å²) in [5.41, 5.74) is 1.51. The number of halogens is 1. The summed E-state index contributed by atoms with van der Waals surface area (Å²) in [6.07, 6.45) is 1.59. The lowest BCUT2D eigenvalue weighted by Crippen LogP contribution is -2.29. The summed E-state index contributed by atoms with van der Waals surface area (Å²) in [5, 5.41) is 5.76. The molecule has 6 heteroatoms. The molecule has 0 unspecified atom stereocenters. The highest BCUT2D eigenvalue weighted by atomic mass is 79.9. The van der Waals surface area contributed by atoms with Crippen molar-refractivity contribution in [1.29, 1.82) is 0 Å². The van der Waals surface area contributed by atoms with E-state index in [1.54, 1.807) is 44.4 Å². The second-order valence-corrected chi connectivity index (χ2v) is 5.28. The summed E-state index contributed by atoms with van der Waals surface area (Å²) >= 11 is 3.35. The van der Waals surface area contributed by atoms with Gasteiger partial charge in [0, 0.05) is 30.7 Å². The Morgan fingerprint density at radius 1 is 1.32 bits per heavy atom. The number of benzene rings is 1. The summed E-state index contributed by atoms with van der Waals surface area (Å²) in [4.78, 5) is 25.6. The van der Waals surface area contributed by atoms with Crippen LogP contribution >= 0.6 is 15.9 Å². The van der Waals surface area contributed by atoms with Crippen LogP contribution < -0.4 is 0 Å². The number of carbonyl (C=O) groups excluding carboxylic acids is 2. The van der Waals surface area contributed by atoms with Crippen molar-refractivity contribution in [3.05, 3.63) is 33.3 Å². The first-order valence-corrected chi connectivity index (χ1v) is 6.66. The second-order valence-electron chi connectivity index (χ2n) is 4.36. The van der Waals surface area contributed by atoms with E-state index in [0.717, 1.165) is 4.47 Å². The minimum absolute atomic E-state index is 0.247. The van der Waals surface area contributed by atoms with Crippen LogP contribution in [0.4, 0.5) is 0 Å². The SMILES string of the molecule is CCN1C(=O)c2cc(Br)cc(/C=N/N(C)C)c2C1=O. The molecule has 0 radical (unpaired) electrons. The molecule has 1 aliphatic rings. The average Bonchev–Trinajstić information content (AvgIpc) is 2.58. The van der Waals surface area contributed by atoms with Crippen LogP contribution in [0.2, 0.25) is 0 Å². The van der Waals surface area contributed by atoms with Gasteiger partial charge in [-0.25, -0.2) is 0 Å². The summed E-state index contributed by atoms with van der Waals surface area (Å²) in [5.74, 6) is -0.501. The highest BCUT2D eigenvalue weighted by Gasteiger charge is 2.36. The Morgan fingerprint density at radius 2 is 2.00 bits per heavy atom. The van der Waals surface area contributed by atoms with Crippen LogP contribution in [0.3, 0.4) is 0 Å². The van der Waals surface area contributed by atoms with Crippen molar-refractivity contribution < 1.29 is 9.59 Å². The molecule has 1 aromatic rings. The molecular weight excluding hydrogens is 310 g/mol. The van der Waals surface area contributed by atoms with E-state index in [0.29, 0.717) is 23.2 Å². The van der Waals surface area contributed by atoms with Crippen molar-refractivity contribution in [3.8, 4) is 0 Å². The van der Waals surface area contributed by atoms with E-state index in [2.05, 4.69) is 21.0 Å². The minimum Gasteiger partial charge on any atom is -0.303 e. The van der Waals surface area contributed by atoms with Crippen LogP contribution in [0.1, 0.15) is 33.2 Å². The van der Waals surface area contributed by atoms with Crippen LogP contribution in [0, 0.1) is 0 Å². The maximum absolute atomic E-state index is 12.2. The zero-order chi connectivity index (χ0) is 14.2. The number of rotatable bonds is 3. The summed E-state index contributed by atoms with van der Waals surface area (Å²) in [6.45, 7) is 2.15. The van der Waals surface area contributed by atoms with E-state index in [-0.39, 0.29) is 11.8 Å². The third kappa shape index (κ3) is 2.40. The Morgan fingerprint density at radius 3 is 2.58 bits per heavy atom. The zero-order valence-corrected chi connectivity index (χ0v) is 12.6. The fraction of sp³-hybridized carbons (Fsp3) is 0.308. The Bertz CT molecular complexity index is 581. The van der Waals surface area contributed by atoms with E-state index in [9.17, 15) is 9.59 Å². The Kier molecular flexibility index (Phi) is 3.71. The third-order valence-electron chi connectivity index (χ3n) is 2.81. The number of hydrazone groups is 1. The number of amides is 2. The molecule has 0 saturated carbocycles. The fourth-order valence-corrected chi connectivity index (χ4v) is 2.45. The molecule has 2 rings (SSSR count). The lowest BCUT2D eigenvalue weighted by molar-refractivity contribution is 0.0663. The number of hydrogen-bond acceptors (Lipinski definition) is 4. The molecular formula is C13H14BrN3O2. The summed E-state index contributed by atoms with van der Waals surface area (Å²) in [7, 11) is 3.58. The first-order chi connectivity index (χ1) is 8.95. The molecule has 19 heavy (non-hydrogen) atoms. The topological polar surface area (TPSA) is 53.0 Å². The number of fused-ring (bicyclic) bond motifs is 1. The van der Waals surface area contributed by atoms with Gasteiger partial charge in [-0.05, 0) is 19.1 Å². The molecule has 1 heterocycles. The Labute approximate surface area is 120 Å². The number of imide groups is 1. The van der Waals surface area contributed by atoms with E-state index >= 15 is 0 Å². The molecule has 0 N–H and O–H groups in total. The molecule has 1 aromatic carbocycles. The van der Waals surface area contributed by atoms with Crippen molar-refractivity contribution in [2.24, 2.45) is 5.10 Å². The van der Waals surface area contributed by atoms with E-state index in [4.69, 9.17) is 0 Å². The molecule has 0 aromatic heterocycles. The number of nitrogens with zero attached hydrogens (tertiary/aromatic N) is 3.